The minimum atomic E-state index is -1.06. The van der Waals surface area contributed by atoms with Gasteiger partial charge in [0.2, 0.25) is 5.91 Å². The highest BCUT2D eigenvalue weighted by atomic mass is 35.5. The number of rotatable bonds is 6. The molecule has 6 nitrogen and oxygen atoms in total. The molecule has 0 radical (unpaired) electrons. The minimum Gasteiger partial charge on any atom is -0.349 e. The van der Waals surface area contributed by atoms with Crippen molar-refractivity contribution in [2.75, 3.05) is 0 Å². The van der Waals surface area contributed by atoms with Crippen molar-refractivity contribution >= 4 is 23.3 Å². The Bertz CT molecular complexity index is 1010. The van der Waals surface area contributed by atoms with Crippen LogP contribution in [-0.4, -0.2) is 27.3 Å². The number of Topliss-reactive ketones (excluding diaryl/α,β-unsaturated/α-hetero) is 1. The fraction of sp³-hybridized carbons (Fsp3) is 0.286. The molecule has 1 aromatic carbocycles. The first-order chi connectivity index (χ1) is 13.7. The van der Waals surface area contributed by atoms with Gasteiger partial charge in [0.15, 0.2) is 5.78 Å². The zero-order valence-electron chi connectivity index (χ0n) is 16.2. The molecule has 3 rings (SSSR count). The number of allylic oxidation sites excluding steroid dienone is 4. The van der Waals surface area contributed by atoms with Crippen molar-refractivity contribution in [3.63, 3.8) is 0 Å². The summed E-state index contributed by atoms with van der Waals surface area (Å²) < 4.78 is 15.8. The van der Waals surface area contributed by atoms with Crippen molar-refractivity contribution in [1.29, 1.82) is 0 Å². The van der Waals surface area contributed by atoms with E-state index in [0.29, 0.717) is 23.5 Å². The number of nitrogens with zero attached hydrogens (tertiary/aromatic N) is 2. The Balaban J connectivity index is 1.87. The number of carbonyl (C=O) groups excluding carboxylic acids is 2. The average molecular weight is 417 g/mol. The third kappa shape index (κ3) is 4.46. The number of aromatic nitrogens is 2. The van der Waals surface area contributed by atoms with Gasteiger partial charge in [0, 0.05) is 18.2 Å². The fourth-order valence-corrected chi connectivity index (χ4v) is 3.52. The van der Waals surface area contributed by atoms with Crippen LogP contribution >= 0.6 is 11.6 Å². The molecule has 0 spiro atoms. The smallest absolute Gasteiger partial charge is 0.236 e. The first-order valence-corrected chi connectivity index (χ1v) is 9.55. The van der Waals surface area contributed by atoms with E-state index < -0.39 is 22.6 Å². The molecule has 1 amide bonds. The van der Waals surface area contributed by atoms with E-state index >= 15 is 0 Å². The average Bonchev–Trinajstić information content (AvgIpc) is 3.07. The Morgan fingerprint density at radius 3 is 2.83 bits per heavy atom. The van der Waals surface area contributed by atoms with Crippen molar-refractivity contribution in [2.45, 2.75) is 37.9 Å². The number of benzene rings is 1. The largest absolute Gasteiger partial charge is 0.349 e. The lowest BCUT2D eigenvalue weighted by molar-refractivity contribution is -0.122. The lowest BCUT2D eigenvalue weighted by Crippen LogP contribution is -2.37. The Hall–Kier alpha value is -2.77. The lowest BCUT2D eigenvalue weighted by atomic mass is 9.95. The second-order valence-corrected chi connectivity index (χ2v) is 7.64. The maximum Gasteiger partial charge on any atom is 0.236 e. The lowest BCUT2D eigenvalue weighted by Gasteiger charge is -2.28. The highest BCUT2D eigenvalue weighted by molar-refractivity contribution is 6.24. The molecule has 1 aromatic heterocycles. The zero-order valence-corrected chi connectivity index (χ0v) is 16.9. The molecule has 2 aromatic rings. The topological polar surface area (TPSA) is 90.0 Å². The minimum absolute atomic E-state index is 0.00836. The number of ketones is 1. The van der Waals surface area contributed by atoms with Crippen LogP contribution < -0.4 is 11.1 Å². The molecular weight excluding hydrogens is 395 g/mol. The van der Waals surface area contributed by atoms with Crippen molar-refractivity contribution < 1.29 is 14.0 Å². The molecule has 0 fully saturated rings. The number of hydrogen-bond donors (Lipinski definition) is 2. The normalized spacial score (nSPS) is 19.6. The van der Waals surface area contributed by atoms with Gasteiger partial charge in [-0.15, -0.1) is 0 Å². The third-order valence-corrected chi connectivity index (χ3v) is 5.09. The molecule has 1 aliphatic carbocycles. The summed E-state index contributed by atoms with van der Waals surface area (Å²) in [7, 11) is 0. The van der Waals surface area contributed by atoms with E-state index in [9.17, 15) is 14.0 Å². The predicted octanol–water partition coefficient (Wildman–Crippen LogP) is 2.95. The molecular formula is C21H22ClFN4O2. The van der Waals surface area contributed by atoms with Crippen LogP contribution in [0.1, 0.15) is 35.2 Å². The van der Waals surface area contributed by atoms with Crippen molar-refractivity contribution in [2.24, 2.45) is 5.73 Å². The molecule has 0 saturated heterocycles. The molecule has 8 heteroatoms. The van der Waals surface area contributed by atoms with Crippen LogP contribution in [0.25, 0.3) is 0 Å². The highest BCUT2D eigenvalue weighted by Crippen LogP contribution is 2.35. The Kier molecular flexibility index (Phi) is 6.00. The van der Waals surface area contributed by atoms with Gasteiger partial charge in [0.1, 0.15) is 16.6 Å². The molecule has 1 aliphatic rings. The summed E-state index contributed by atoms with van der Waals surface area (Å²) in [5.41, 5.74) is 6.45. The summed E-state index contributed by atoms with van der Waals surface area (Å²) in [6.07, 6.45) is 7.18. The van der Waals surface area contributed by atoms with E-state index in [1.807, 2.05) is 0 Å². The molecule has 1 heterocycles. The second-order valence-electron chi connectivity index (χ2n) is 6.99. The predicted molar refractivity (Wildman–Crippen MR) is 109 cm³/mol. The summed E-state index contributed by atoms with van der Waals surface area (Å²) in [6, 6.07) is 5.22. The van der Waals surface area contributed by atoms with Crippen LogP contribution in [0.3, 0.4) is 0 Å². The number of alkyl halides is 1. The quantitative estimate of drug-likeness (QED) is 0.559. The zero-order chi connectivity index (χ0) is 21.2. The van der Waals surface area contributed by atoms with E-state index in [0.717, 1.165) is 0 Å². The summed E-state index contributed by atoms with van der Waals surface area (Å²) >= 11 is 6.84. The van der Waals surface area contributed by atoms with Crippen LogP contribution in [0.15, 0.2) is 54.3 Å². The SMILES string of the molecule is Cc1nc(CNC(=O)[C@H](C)N)cn1C1(Cl)C=C(C(=O)c2ccccc2F)C=CC1. The Morgan fingerprint density at radius 2 is 2.14 bits per heavy atom. The molecule has 3 N–H and O–H groups in total. The van der Waals surface area contributed by atoms with Gasteiger partial charge in [-0.25, -0.2) is 9.37 Å². The van der Waals surface area contributed by atoms with E-state index in [1.54, 1.807) is 48.9 Å². The van der Waals surface area contributed by atoms with E-state index in [1.165, 1.54) is 18.2 Å². The highest BCUT2D eigenvalue weighted by Gasteiger charge is 2.32. The van der Waals surface area contributed by atoms with Crippen LogP contribution in [0.2, 0.25) is 0 Å². The molecule has 2 atom stereocenters. The first kappa shape index (κ1) is 21.0. The Labute approximate surface area is 173 Å². The van der Waals surface area contributed by atoms with Crippen molar-refractivity contribution in [3.05, 3.63) is 77.2 Å². The number of amides is 1. The van der Waals surface area contributed by atoms with Gasteiger partial charge in [-0.05, 0) is 32.1 Å². The monoisotopic (exact) mass is 416 g/mol. The van der Waals surface area contributed by atoms with Crippen molar-refractivity contribution in [3.8, 4) is 0 Å². The van der Waals surface area contributed by atoms with Gasteiger partial charge < -0.3 is 15.6 Å². The van der Waals surface area contributed by atoms with Crippen LogP contribution in [-0.2, 0) is 16.3 Å². The van der Waals surface area contributed by atoms with Gasteiger partial charge in [0.25, 0.3) is 0 Å². The molecule has 0 bridgehead atoms. The van der Waals surface area contributed by atoms with Gasteiger partial charge in [-0.2, -0.15) is 0 Å². The maximum absolute atomic E-state index is 14.0. The van der Waals surface area contributed by atoms with Crippen molar-refractivity contribution in [1.82, 2.24) is 14.9 Å². The number of aryl methyl sites for hydroxylation is 1. The number of imidazole rings is 1. The summed E-state index contributed by atoms with van der Waals surface area (Å²) in [5.74, 6) is -0.680. The molecule has 152 valence electrons. The standard InChI is InChI=1S/C21H22ClFN4O2/c1-13(24)20(29)25-11-16-12-27(14(2)26-16)21(22)9-5-6-15(10-21)19(28)17-7-3-4-8-18(17)23/h3-8,10,12-13H,9,11,24H2,1-2H3,(H,25,29)/t13-,21?/m0/s1. The number of carbonyl (C=O) groups is 2. The van der Waals surface area contributed by atoms with Crippen LogP contribution in [0.5, 0.6) is 0 Å². The molecule has 0 aliphatic heterocycles. The summed E-state index contributed by atoms with van der Waals surface area (Å²) in [5, 5.41) is 2.70. The summed E-state index contributed by atoms with van der Waals surface area (Å²) in [6.45, 7) is 3.59. The third-order valence-electron chi connectivity index (χ3n) is 4.65. The Morgan fingerprint density at radius 1 is 1.41 bits per heavy atom. The maximum atomic E-state index is 14.0. The van der Waals surface area contributed by atoms with Crippen LogP contribution in [0.4, 0.5) is 4.39 Å². The first-order valence-electron chi connectivity index (χ1n) is 9.17. The molecule has 0 saturated carbocycles. The van der Waals surface area contributed by atoms with Gasteiger partial charge >= 0.3 is 0 Å². The van der Waals surface area contributed by atoms with Gasteiger partial charge in [-0.1, -0.05) is 35.9 Å². The molecule has 1 unspecified atom stereocenters. The number of nitrogens with two attached hydrogens (primary N) is 1. The second kappa shape index (κ2) is 8.31. The summed E-state index contributed by atoms with van der Waals surface area (Å²) in [4.78, 5) is 27.8. The fourth-order valence-electron chi connectivity index (χ4n) is 3.14. The van der Waals surface area contributed by atoms with Crippen LogP contribution in [0, 0.1) is 12.7 Å². The number of hydrogen-bond acceptors (Lipinski definition) is 4. The number of halogens is 2. The van der Waals surface area contributed by atoms with E-state index in [2.05, 4.69) is 10.3 Å². The van der Waals surface area contributed by atoms with Gasteiger partial charge in [-0.3, -0.25) is 9.59 Å². The number of nitrogens with one attached hydrogen (secondary N) is 1. The van der Waals surface area contributed by atoms with E-state index in [4.69, 9.17) is 17.3 Å². The van der Waals surface area contributed by atoms with Gasteiger partial charge in [0.05, 0.1) is 23.8 Å². The van der Waals surface area contributed by atoms with E-state index in [-0.39, 0.29) is 18.0 Å². The molecule has 29 heavy (non-hydrogen) atoms.